The average molecular weight is 284 g/mol. The molecule has 1 amide bonds. The van der Waals surface area contributed by atoms with Gasteiger partial charge in [0.2, 0.25) is 0 Å². The molecule has 1 aromatic rings. The predicted molar refractivity (Wildman–Crippen MR) is 74.6 cm³/mol. The Kier molecular flexibility index (Phi) is 4.58. The summed E-state index contributed by atoms with van der Waals surface area (Å²) in [5, 5.41) is 9.49. The SMILES string of the molecule is Cc1cc(Cl)ccc1C(=O)N(CC(=O)O)C(C)(C)C. The molecule has 1 N–H and O–H groups in total. The fourth-order valence-corrected chi connectivity index (χ4v) is 1.99. The normalized spacial score (nSPS) is 11.2. The van der Waals surface area contributed by atoms with Crippen molar-refractivity contribution in [1.29, 1.82) is 0 Å². The number of hydrogen-bond donors (Lipinski definition) is 1. The van der Waals surface area contributed by atoms with E-state index in [1.807, 2.05) is 0 Å². The number of carboxylic acid groups (broad SMARTS) is 1. The van der Waals surface area contributed by atoms with Gasteiger partial charge in [0.05, 0.1) is 0 Å². The van der Waals surface area contributed by atoms with Crippen molar-refractivity contribution in [3.8, 4) is 0 Å². The van der Waals surface area contributed by atoms with E-state index in [9.17, 15) is 9.59 Å². The number of amides is 1. The van der Waals surface area contributed by atoms with Crippen molar-refractivity contribution in [3.63, 3.8) is 0 Å². The second-order valence-electron chi connectivity index (χ2n) is 5.42. The maximum atomic E-state index is 12.5. The first-order chi connectivity index (χ1) is 8.62. The van der Waals surface area contributed by atoms with Crippen molar-refractivity contribution >= 4 is 23.5 Å². The van der Waals surface area contributed by atoms with Gasteiger partial charge in [0.25, 0.3) is 5.91 Å². The van der Waals surface area contributed by atoms with Crippen LogP contribution in [0.3, 0.4) is 0 Å². The number of halogens is 1. The van der Waals surface area contributed by atoms with Gasteiger partial charge < -0.3 is 10.0 Å². The maximum Gasteiger partial charge on any atom is 0.323 e. The number of carboxylic acids is 1. The van der Waals surface area contributed by atoms with Gasteiger partial charge in [-0.2, -0.15) is 0 Å². The minimum atomic E-state index is -1.03. The van der Waals surface area contributed by atoms with Crippen LogP contribution in [0.15, 0.2) is 18.2 Å². The molecular formula is C14H18ClNO3. The topological polar surface area (TPSA) is 57.6 Å². The van der Waals surface area contributed by atoms with Gasteiger partial charge >= 0.3 is 5.97 Å². The van der Waals surface area contributed by atoms with Crippen molar-refractivity contribution in [3.05, 3.63) is 34.3 Å². The molecule has 1 rings (SSSR count). The van der Waals surface area contributed by atoms with E-state index in [0.717, 1.165) is 5.56 Å². The lowest BCUT2D eigenvalue weighted by atomic mass is 10.0. The van der Waals surface area contributed by atoms with Crippen LogP contribution in [-0.4, -0.2) is 34.0 Å². The Morgan fingerprint density at radius 2 is 1.89 bits per heavy atom. The predicted octanol–water partition coefficient (Wildman–Crippen LogP) is 2.97. The van der Waals surface area contributed by atoms with Gasteiger partial charge in [-0.1, -0.05) is 11.6 Å². The molecule has 0 saturated carbocycles. The van der Waals surface area contributed by atoms with E-state index in [1.165, 1.54) is 4.90 Å². The molecule has 1 aromatic carbocycles. The minimum absolute atomic E-state index is 0.302. The van der Waals surface area contributed by atoms with E-state index in [1.54, 1.807) is 45.9 Å². The molecule has 0 unspecified atom stereocenters. The quantitative estimate of drug-likeness (QED) is 0.928. The molecule has 5 heteroatoms. The highest BCUT2D eigenvalue weighted by Gasteiger charge is 2.29. The molecule has 0 aliphatic carbocycles. The van der Waals surface area contributed by atoms with E-state index in [4.69, 9.17) is 16.7 Å². The fraction of sp³-hybridized carbons (Fsp3) is 0.429. The van der Waals surface area contributed by atoms with Gasteiger partial charge in [0, 0.05) is 16.1 Å². The summed E-state index contributed by atoms with van der Waals surface area (Å²) >= 11 is 5.86. The molecule has 0 heterocycles. The zero-order valence-corrected chi connectivity index (χ0v) is 12.3. The summed E-state index contributed by atoms with van der Waals surface area (Å²) in [6, 6.07) is 4.94. The first-order valence-corrected chi connectivity index (χ1v) is 6.30. The molecule has 0 spiro atoms. The zero-order valence-electron chi connectivity index (χ0n) is 11.5. The van der Waals surface area contributed by atoms with Crippen molar-refractivity contribution in [2.24, 2.45) is 0 Å². The molecular weight excluding hydrogens is 266 g/mol. The van der Waals surface area contributed by atoms with Crippen LogP contribution in [-0.2, 0) is 4.79 Å². The highest BCUT2D eigenvalue weighted by atomic mass is 35.5. The van der Waals surface area contributed by atoms with Crippen molar-refractivity contribution < 1.29 is 14.7 Å². The minimum Gasteiger partial charge on any atom is -0.480 e. The lowest BCUT2D eigenvalue weighted by molar-refractivity contribution is -0.138. The van der Waals surface area contributed by atoms with Crippen LogP contribution in [0, 0.1) is 6.92 Å². The number of carbonyl (C=O) groups is 2. The first kappa shape index (κ1) is 15.5. The molecule has 0 atom stereocenters. The first-order valence-electron chi connectivity index (χ1n) is 5.93. The van der Waals surface area contributed by atoms with E-state index >= 15 is 0 Å². The second kappa shape index (κ2) is 5.61. The molecule has 0 saturated heterocycles. The smallest absolute Gasteiger partial charge is 0.323 e. The molecule has 0 aliphatic heterocycles. The van der Waals surface area contributed by atoms with Crippen LogP contribution < -0.4 is 0 Å². The van der Waals surface area contributed by atoms with Gasteiger partial charge in [0.1, 0.15) is 6.54 Å². The molecule has 0 bridgehead atoms. The third-order valence-electron chi connectivity index (χ3n) is 2.77. The standard InChI is InChI=1S/C14H18ClNO3/c1-9-7-10(15)5-6-11(9)13(19)16(8-12(17)18)14(2,3)4/h5-7H,8H2,1-4H3,(H,17,18). The van der Waals surface area contributed by atoms with Crippen LogP contribution in [0.25, 0.3) is 0 Å². The Hall–Kier alpha value is -1.55. The number of benzene rings is 1. The Morgan fingerprint density at radius 3 is 2.32 bits per heavy atom. The van der Waals surface area contributed by atoms with Crippen molar-refractivity contribution in [2.75, 3.05) is 6.54 Å². The Labute approximate surface area is 118 Å². The highest BCUT2D eigenvalue weighted by molar-refractivity contribution is 6.30. The number of hydrogen-bond acceptors (Lipinski definition) is 2. The van der Waals surface area contributed by atoms with Gasteiger partial charge in [0.15, 0.2) is 0 Å². The third-order valence-corrected chi connectivity index (χ3v) is 3.00. The number of rotatable bonds is 3. The summed E-state index contributed by atoms with van der Waals surface area (Å²) in [6.07, 6.45) is 0. The molecule has 0 aliphatic rings. The molecule has 104 valence electrons. The Morgan fingerprint density at radius 1 is 1.32 bits per heavy atom. The van der Waals surface area contributed by atoms with Crippen LogP contribution >= 0.6 is 11.6 Å². The van der Waals surface area contributed by atoms with Gasteiger partial charge in [-0.25, -0.2) is 0 Å². The summed E-state index contributed by atoms with van der Waals surface area (Å²) in [5.41, 5.74) is 0.638. The molecule has 4 nitrogen and oxygen atoms in total. The van der Waals surface area contributed by atoms with Crippen LogP contribution in [0.2, 0.25) is 5.02 Å². The zero-order chi connectivity index (χ0) is 14.8. The third kappa shape index (κ3) is 3.96. The summed E-state index contributed by atoms with van der Waals surface area (Å²) in [4.78, 5) is 24.7. The number of nitrogens with zero attached hydrogens (tertiary/aromatic N) is 1. The highest BCUT2D eigenvalue weighted by Crippen LogP contribution is 2.21. The van der Waals surface area contributed by atoms with Crippen molar-refractivity contribution in [1.82, 2.24) is 4.90 Å². The molecule has 0 aromatic heterocycles. The van der Waals surface area contributed by atoms with Gasteiger partial charge in [-0.15, -0.1) is 0 Å². The number of aliphatic carboxylic acids is 1. The second-order valence-corrected chi connectivity index (χ2v) is 5.85. The maximum absolute atomic E-state index is 12.5. The average Bonchev–Trinajstić information content (AvgIpc) is 2.23. The molecule has 19 heavy (non-hydrogen) atoms. The summed E-state index contributed by atoms with van der Waals surface area (Å²) in [6.45, 7) is 6.86. The monoisotopic (exact) mass is 283 g/mol. The number of aryl methyl sites for hydroxylation is 1. The van der Waals surface area contributed by atoms with Crippen LogP contribution in [0.5, 0.6) is 0 Å². The van der Waals surface area contributed by atoms with Gasteiger partial charge in [-0.3, -0.25) is 9.59 Å². The lowest BCUT2D eigenvalue weighted by Gasteiger charge is -2.34. The van der Waals surface area contributed by atoms with Gasteiger partial charge in [-0.05, 0) is 51.5 Å². The molecule has 0 radical (unpaired) electrons. The van der Waals surface area contributed by atoms with Crippen LogP contribution in [0.1, 0.15) is 36.7 Å². The van der Waals surface area contributed by atoms with E-state index in [-0.39, 0.29) is 12.5 Å². The van der Waals surface area contributed by atoms with E-state index < -0.39 is 11.5 Å². The number of carbonyl (C=O) groups excluding carboxylic acids is 1. The van der Waals surface area contributed by atoms with Crippen molar-refractivity contribution in [2.45, 2.75) is 33.2 Å². The Bertz CT molecular complexity index is 506. The fourth-order valence-electron chi connectivity index (χ4n) is 1.76. The largest absolute Gasteiger partial charge is 0.480 e. The molecule has 0 fully saturated rings. The van der Waals surface area contributed by atoms with Crippen LogP contribution in [0.4, 0.5) is 0 Å². The Balaban J connectivity index is 3.16. The summed E-state index contributed by atoms with van der Waals surface area (Å²) in [7, 11) is 0. The lowest BCUT2D eigenvalue weighted by Crippen LogP contribution is -2.48. The van der Waals surface area contributed by atoms with E-state index in [0.29, 0.717) is 10.6 Å². The van der Waals surface area contributed by atoms with E-state index in [2.05, 4.69) is 0 Å². The summed E-state index contributed by atoms with van der Waals surface area (Å²) in [5.74, 6) is -1.33. The summed E-state index contributed by atoms with van der Waals surface area (Å²) < 4.78 is 0.